The average molecular weight is 278 g/mol. The molecule has 0 spiro atoms. The van der Waals surface area contributed by atoms with Crippen LogP contribution >= 0.6 is 39.0 Å². The fraction of sp³-hybridized carbons (Fsp3) is 0.667. The summed E-state index contributed by atoms with van der Waals surface area (Å²) in [4.78, 5) is 4.37. The number of thioether (sulfide) groups is 1. The molecule has 0 atom stereocenters. The highest BCUT2D eigenvalue weighted by Crippen LogP contribution is 2.32. The van der Waals surface area contributed by atoms with Crippen LogP contribution in [0, 0.1) is 5.92 Å². The van der Waals surface area contributed by atoms with Gasteiger partial charge in [-0.05, 0) is 34.7 Å². The van der Waals surface area contributed by atoms with Gasteiger partial charge < -0.3 is 0 Å². The summed E-state index contributed by atoms with van der Waals surface area (Å²) in [5, 5.41) is 2.05. The molecule has 1 aromatic rings. The van der Waals surface area contributed by atoms with Crippen molar-refractivity contribution in [2.24, 2.45) is 5.92 Å². The van der Waals surface area contributed by atoms with E-state index in [1.54, 1.807) is 11.3 Å². The quantitative estimate of drug-likeness (QED) is 0.769. The fourth-order valence-electron chi connectivity index (χ4n) is 1.67. The second-order valence-corrected chi connectivity index (χ2v) is 6.34. The summed E-state index contributed by atoms with van der Waals surface area (Å²) >= 11 is 7.03. The van der Waals surface area contributed by atoms with E-state index in [1.807, 2.05) is 11.8 Å². The van der Waals surface area contributed by atoms with Gasteiger partial charge in [-0.25, -0.2) is 4.98 Å². The lowest BCUT2D eigenvalue weighted by Gasteiger charge is -2.05. The lowest BCUT2D eigenvalue weighted by molar-refractivity contribution is 0.623. The maximum Gasteiger partial charge on any atom is 0.151 e. The van der Waals surface area contributed by atoms with Crippen molar-refractivity contribution >= 4 is 39.0 Å². The molecule has 1 fully saturated rings. The van der Waals surface area contributed by atoms with Crippen LogP contribution in [-0.2, 0) is 0 Å². The summed E-state index contributed by atoms with van der Waals surface area (Å²) in [5.74, 6) is 2.22. The Bertz CT molecular complexity index is 268. The zero-order valence-corrected chi connectivity index (χ0v) is 10.6. The topological polar surface area (TPSA) is 12.9 Å². The first-order valence-corrected chi connectivity index (χ1v) is 7.24. The van der Waals surface area contributed by atoms with Crippen molar-refractivity contribution < 1.29 is 0 Å². The first kappa shape index (κ1) is 9.99. The van der Waals surface area contributed by atoms with Crippen molar-refractivity contribution in [2.45, 2.75) is 30.0 Å². The molecular weight excluding hydrogens is 266 g/mol. The summed E-state index contributed by atoms with van der Waals surface area (Å²) in [6, 6.07) is 0. The molecule has 0 amide bonds. The number of aromatic nitrogens is 1. The fourth-order valence-corrected chi connectivity index (χ4v) is 4.26. The van der Waals surface area contributed by atoms with E-state index in [0.29, 0.717) is 0 Å². The van der Waals surface area contributed by atoms with Crippen LogP contribution in [0.25, 0.3) is 0 Å². The van der Waals surface area contributed by atoms with Crippen LogP contribution in [0.15, 0.2) is 14.3 Å². The summed E-state index contributed by atoms with van der Waals surface area (Å²) in [5.41, 5.74) is 0. The number of halogens is 1. The molecule has 0 saturated heterocycles. The SMILES string of the molecule is Brc1csc(SCC2CCCC2)n1. The standard InChI is InChI=1S/C9H12BrNS2/c10-8-6-13-9(11-8)12-5-7-3-1-2-4-7/h6-7H,1-5H2. The number of thiazole rings is 1. The van der Waals surface area contributed by atoms with Crippen LogP contribution < -0.4 is 0 Å². The van der Waals surface area contributed by atoms with E-state index in [2.05, 4.69) is 26.3 Å². The third-order valence-electron chi connectivity index (χ3n) is 2.37. The van der Waals surface area contributed by atoms with Gasteiger partial charge in [-0.2, -0.15) is 0 Å². The number of hydrogen-bond donors (Lipinski definition) is 0. The Balaban J connectivity index is 1.78. The average Bonchev–Trinajstić information content (AvgIpc) is 2.71. The van der Waals surface area contributed by atoms with Gasteiger partial charge in [0, 0.05) is 11.1 Å². The first-order chi connectivity index (χ1) is 6.34. The minimum absolute atomic E-state index is 0.952. The second-order valence-electron chi connectivity index (χ2n) is 3.40. The molecule has 0 N–H and O–H groups in total. The van der Waals surface area contributed by atoms with Crippen molar-refractivity contribution in [3.05, 3.63) is 9.98 Å². The highest BCUT2D eigenvalue weighted by molar-refractivity contribution is 9.10. The predicted octanol–water partition coefficient (Wildman–Crippen LogP) is 4.19. The van der Waals surface area contributed by atoms with Gasteiger partial charge >= 0.3 is 0 Å². The van der Waals surface area contributed by atoms with E-state index in [4.69, 9.17) is 0 Å². The molecule has 1 saturated carbocycles. The number of nitrogens with zero attached hydrogens (tertiary/aromatic N) is 1. The molecule has 4 heteroatoms. The molecule has 0 aromatic carbocycles. The molecule has 0 aliphatic heterocycles. The summed E-state index contributed by atoms with van der Waals surface area (Å²) in [7, 11) is 0. The minimum atomic E-state index is 0.952. The predicted molar refractivity (Wildman–Crippen MR) is 62.5 cm³/mol. The lowest BCUT2D eigenvalue weighted by Crippen LogP contribution is -1.95. The molecule has 2 rings (SSSR count). The van der Waals surface area contributed by atoms with Gasteiger partial charge in [0.05, 0.1) is 0 Å². The van der Waals surface area contributed by atoms with Crippen molar-refractivity contribution in [1.29, 1.82) is 0 Å². The van der Waals surface area contributed by atoms with Gasteiger partial charge in [0.1, 0.15) is 4.60 Å². The largest absolute Gasteiger partial charge is 0.223 e. The van der Waals surface area contributed by atoms with Crippen molar-refractivity contribution in [2.75, 3.05) is 5.75 Å². The van der Waals surface area contributed by atoms with E-state index in [9.17, 15) is 0 Å². The molecular formula is C9H12BrNS2. The molecule has 13 heavy (non-hydrogen) atoms. The zero-order valence-electron chi connectivity index (χ0n) is 7.33. The Labute approximate surface area is 95.5 Å². The van der Waals surface area contributed by atoms with Gasteiger partial charge in [-0.3, -0.25) is 0 Å². The highest BCUT2D eigenvalue weighted by atomic mass is 79.9. The van der Waals surface area contributed by atoms with Crippen LogP contribution in [0.4, 0.5) is 0 Å². The Kier molecular flexibility index (Phi) is 3.69. The lowest BCUT2D eigenvalue weighted by atomic mass is 10.1. The third kappa shape index (κ3) is 2.96. The first-order valence-electron chi connectivity index (χ1n) is 4.58. The summed E-state index contributed by atoms with van der Waals surface area (Å²) in [6.45, 7) is 0. The molecule has 1 aromatic heterocycles. The van der Waals surface area contributed by atoms with Crippen LogP contribution in [0.1, 0.15) is 25.7 Å². The van der Waals surface area contributed by atoms with Gasteiger partial charge in [0.25, 0.3) is 0 Å². The summed E-state index contributed by atoms with van der Waals surface area (Å²) in [6.07, 6.45) is 5.73. The monoisotopic (exact) mass is 277 g/mol. The van der Waals surface area contributed by atoms with E-state index in [1.165, 1.54) is 35.8 Å². The maximum atomic E-state index is 4.37. The van der Waals surface area contributed by atoms with E-state index >= 15 is 0 Å². The van der Waals surface area contributed by atoms with Crippen LogP contribution in [0.5, 0.6) is 0 Å². The van der Waals surface area contributed by atoms with E-state index in [0.717, 1.165) is 10.5 Å². The molecule has 72 valence electrons. The molecule has 0 bridgehead atoms. The van der Waals surface area contributed by atoms with Crippen molar-refractivity contribution in [3.63, 3.8) is 0 Å². The molecule has 1 nitrogen and oxygen atoms in total. The third-order valence-corrected chi connectivity index (χ3v) is 5.33. The maximum absolute atomic E-state index is 4.37. The Morgan fingerprint density at radius 2 is 2.31 bits per heavy atom. The van der Waals surface area contributed by atoms with E-state index in [-0.39, 0.29) is 0 Å². The van der Waals surface area contributed by atoms with E-state index < -0.39 is 0 Å². The number of hydrogen-bond acceptors (Lipinski definition) is 3. The Morgan fingerprint density at radius 3 is 2.92 bits per heavy atom. The van der Waals surface area contributed by atoms with Crippen LogP contribution in [0.3, 0.4) is 0 Å². The molecule has 1 heterocycles. The van der Waals surface area contributed by atoms with Gasteiger partial charge in [-0.1, -0.05) is 24.6 Å². The Morgan fingerprint density at radius 1 is 1.54 bits per heavy atom. The van der Waals surface area contributed by atoms with Crippen LogP contribution in [0.2, 0.25) is 0 Å². The zero-order chi connectivity index (χ0) is 9.10. The highest BCUT2D eigenvalue weighted by Gasteiger charge is 2.15. The van der Waals surface area contributed by atoms with Gasteiger partial charge in [-0.15, -0.1) is 11.3 Å². The van der Waals surface area contributed by atoms with Crippen molar-refractivity contribution in [3.8, 4) is 0 Å². The molecule has 0 unspecified atom stereocenters. The number of rotatable bonds is 3. The second kappa shape index (κ2) is 4.80. The normalized spacial score (nSPS) is 18.2. The van der Waals surface area contributed by atoms with Gasteiger partial charge in [0.2, 0.25) is 0 Å². The minimum Gasteiger partial charge on any atom is -0.223 e. The smallest absolute Gasteiger partial charge is 0.151 e. The van der Waals surface area contributed by atoms with Crippen LogP contribution in [-0.4, -0.2) is 10.7 Å². The molecule has 1 aliphatic rings. The molecule has 1 aliphatic carbocycles. The van der Waals surface area contributed by atoms with Crippen molar-refractivity contribution in [1.82, 2.24) is 4.98 Å². The molecule has 0 radical (unpaired) electrons. The summed E-state index contributed by atoms with van der Waals surface area (Å²) < 4.78 is 2.19. The Hall–Kier alpha value is 0.460. The van der Waals surface area contributed by atoms with Gasteiger partial charge in [0.15, 0.2) is 4.34 Å².